The van der Waals surface area contributed by atoms with Crippen LogP contribution in [0.3, 0.4) is 0 Å². The highest BCUT2D eigenvalue weighted by atomic mass is 16.5. The number of rotatable bonds is 12. The molecule has 1 aliphatic carbocycles. The van der Waals surface area contributed by atoms with Crippen LogP contribution in [-0.2, 0) is 4.74 Å². The van der Waals surface area contributed by atoms with Crippen molar-refractivity contribution < 1.29 is 14.3 Å². The smallest absolute Gasteiger partial charge is 0.338 e. The molecule has 0 spiro atoms. The second kappa shape index (κ2) is 12.0. The summed E-state index contributed by atoms with van der Waals surface area (Å²) in [5.41, 5.74) is 11.9. The summed E-state index contributed by atoms with van der Waals surface area (Å²) >= 11 is 0. The maximum Gasteiger partial charge on any atom is 0.338 e. The first-order valence-corrected chi connectivity index (χ1v) is 11.7. The van der Waals surface area contributed by atoms with Crippen LogP contribution in [0.5, 0.6) is 0 Å². The summed E-state index contributed by atoms with van der Waals surface area (Å²) in [6.45, 7) is 2.65. The van der Waals surface area contributed by atoms with Crippen molar-refractivity contribution >= 4 is 17.7 Å². The number of esters is 1. The quantitative estimate of drug-likeness (QED) is 0.215. The molecule has 3 N–H and O–H groups in total. The van der Waals surface area contributed by atoms with Gasteiger partial charge in [-0.2, -0.15) is 5.10 Å². The van der Waals surface area contributed by atoms with Gasteiger partial charge in [0, 0.05) is 16.7 Å². The predicted molar refractivity (Wildman–Crippen MR) is 128 cm³/mol. The number of hydrogen-bond donors (Lipinski definition) is 2. The van der Waals surface area contributed by atoms with Gasteiger partial charge in [-0.05, 0) is 18.1 Å². The maximum absolute atomic E-state index is 12.9. The Balaban J connectivity index is 1.59. The average Bonchev–Trinajstić information content (AvgIpc) is 3.12. The van der Waals surface area contributed by atoms with E-state index in [4.69, 9.17) is 10.5 Å². The number of carbonyl (C=O) groups excluding carboxylic acids is 2. The van der Waals surface area contributed by atoms with Gasteiger partial charge in [-0.15, -0.1) is 0 Å². The lowest BCUT2D eigenvalue weighted by Crippen LogP contribution is -2.25. The molecule has 3 rings (SSSR count). The minimum atomic E-state index is -0.736. The zero-order valence-corrected chi connectivity index (χ0v) is 18.9. The van der Waals surface area contributed by atoms with Gasteiger partial charge in [0.15, 0.2) is 0 Å². The number of urea groups is 1. The molecule has 0 unspecified atom stereocenters. The minimum Gasteiger partial charge on any atom is -0.462 e. The number of fused-ring (bicyclic) bond motifs is 3. The zero-order valence-electron chi connectivity index (χ0n) is 18.9. The summed E-state index contributed by atoms with van der Waals surface area (Å²) in [6.07, 6.45) is 11.0. The summed E-state index contributed by atoms with van der Waals surface area (Å²) in [7, 11) is 0. The molecule has 0 saturated heterocycles. The molecule has 6 heteroatoms. The highest BCUT2D eigenvalue weighted by molar-refractivity contribution is 6.26. The topological polar surface area (TPSA) is 93.8 Å². The first kappa shape index (κ1) is 23.5. The van der Waals surface area contributed by atoms with Gasteiger partial charge in [0.05, 0.1) is 17.9 Å². The largest absolute Gasteiger partial charge is 0.462 e. The van der Waals surface area contributed by atoms with Crippen LogP contribution in [-0.4, -0.2) is 24.3 Å². The lowest BCUT2D eigenvalue weighted by molar-refractivity contribution is 0.0498. The number of primary amides is 1. The fourth-order valence-corrected chi connectivity index (χ4v) is 4.15. The fourth-order valence-electron chi connectivity index (χ4n) is 4.15. The number of carbonyl (C=O) groups is 2. The Hall–Kier alpha value is -3.15. The van der Waals surface area contributed by atoms with Crippen LogP contribution in [0.1, 0.15) is 86.2 Å². The molecular weight excluding hydrogens is 402 g/mol. The van der Waals surface area contributed by atoms with Crippen LogP contribution >= 0.6 is 0 Å². The Morgan fingerprint density at radius 2 is 1.47 bits per heavy atom. The molecule has 0 heterocycles. The number of nitrogens with zero attached hydrogens (tertiary/aromatic N) is 1. The zero-order chi connectivity index (χ0) is 22.8. The van der Waals surface area contributed by atoms with E-state index in [0.717, 1.165) is 35.1 Å². The molecule has 0 atom stereocenters. The Bertz CT molecular complexity index is 969. The molecule has 0 aromatic heterocycles. The van der Waals surface area contributed by atoms with Crippen molar-refractivity contribution in [2.24, 2.45) is 10.8 Å². The Morgan fingerprint density at radius 3 is 2.16 bits per heavy atom. The van der Waals surface area contributed by atoms with Crippen molar-refractivity contribution in [3.63, 3.8) is 0 Å². The van der Waals surface area contributed by atoms with Crippen LogP contribution < -0.4 is 11.2 Å². The number of unbranched alkanes of at least 4 members (excludes halogenated alkanes) is 8. The minimum absolute atomic E-state index is 0.333. The summed E-state index contributed by atoms with van der Waals surface area (Å²) in [6, 6.07) is 12.4. The van der Waals surface area contributed by atoms with Gasteiger partial charge in [0.1, 0.15) is 0 Å². The monoisotopic (exact) mass is 435 g/mol. The molecule has 170 valence electrons. The van der Waals surface area contributed by atoms with Crippen molar-refractivity contribution in [1.29, 1.82) is 0 Å². The summed E-state index contributed by atoms with van der Waals surface area (Å²) in [4.78, 5) is 24.0. The third kappa shape index (κ3) is 5.96. The number of benzene rings is 2. The van der Waals surface area contributed by atoms with E-state index in [9.17, 15) is 9.59 Å². The number of nitrogens with two attached hydrogens (primary N) is 1. The maximum atomic E-state index is 12.9. The lowest BCUT2D eigenvalue weighted by atomic mass is 9.99. The van der Waals surface area contributed by atoms with Gasteiger partial charge >= 0.3 is 12.0 Å². The third-order valence-electron chi connectivity index (χ3n) is 5.75. The van der Waals surface area contributed by atoms with Gasteiger partial charge < -0.3 is 10.5 Å². The van der Waals surface area contributed by atoms with Crippen LogP contribution in [0, 0.1) is 0 Å². The van der Waals surface area contributed by atoms with Crippen molar-refractivity contribution in [3.05, 3.63) is 59.2 Å². The number of nitrogens with one attached hydrogen (secondary N) is 1. The van der Waals surface area contributed by atoms with Gasteiger partial charge in [0.25, 0.3) is 0 Å². The highest BCUT2D eigenvalue weighted by Crippen LogP contribution is 2.39. The summed E-state index contributed by atoms with van der Waals surface area (Å²) in [5.74, 6) is -0.333. The molecule has 0 aliphatic heterocycles. The summed E-state index contributed by atoms with van der Waals surface area (Å²) in [5, 5.41) is 4.17. The van der Waals surface area contributed by atoms with E-state index in [1.54, 1.807) is 12.1 Å². The Labute approximate surface area is 190 Å². The van der Waals surface area contributed by atoms with E-state index in [1.807, 2.05) is 30.3 Å². The van der Waals surface area contributed by atoms with Crippen LogP contribution in [0.4, 0.5) is 4.79 Å². The van der Waals surface area contributed by atoms with Crippen LogP contribution in [0.25, 0.3) is 11.1 Å². The average molecular weight is 436 g/mol. The SMILES string of the molecule is CCCCCCCCCCCOC(=O)c1cccc2c1-c1ccccc1C2=NNC(N)=O. The van der Waals surface area contributed by atoms with Crippen molar-refractivity contribution in [1.82, 2.24) is 5.43 Å². The Kier molecular flexibility index (Phi) is 8.84. The number of amides is 2. The number of hydrazone groups is 1. The second-order valence-corrected chi connectivity index (χ2v) is 8.17. The molecule has 32 heavy (non-hydrogen) atoms. The molecule has 2 amide bonds. The lowest BCUT2D eigenvalue weighted by Gasteiger charge is -2.10. The molecule has 0 bridgehead atoms. The van der Waals surface area contributed by atoms with Gasteiger partial charge in [-0.1, -0.05) is 94.7 Å². The van der Waals surface area contributed by atoms with E-state index < -0.39 is 6.03 Å². The fraction of sp³-hybridized carbons (Fsp3) is 0.423. The van der Waals surface area contributed by atoms with E-state index in [-0.39, 0.29) is 5.97 Å². The van der Waals surface area contributed by atoms with E-state index >= 15 is 0 Å². The van der Waals surface area contributed by atoms with Gasteiger partial charge in [-0.3, -0.25) is 0 Å². The molecular formula is C26H33N3O3. The molecule has 1 aliphatic rings. The first-order valence-electron chi connectivity index (χ1n) is 11.7. The van der Waals surface area contributed by atoms with Crippen LogP contribution in [0.2, 0.25) is 0 Å². The highest BCUT2D eigenvalue weighted by Gasteiger charge is 2.29. The summed E-state index contributed by atoms with van der Waals surface area (Å²) < 4.78 is 5.59. The van der Waals surface area contributed by atoms with Gasteiger partial charge in [0.2, 0.25) is 0 Å². The molecule has 0 saturated carbocycles. The molecule has 2 aromatic carbocycles. The van der Waals surface area contributed by atoms with E-state index in [1.165, 1.54) is 44.9 Å². The van der Waals surface area contributed by atoms with Crippen LogP contribution in [0.15, 0.2) is 47.6 Å². The molecule has 0 radical (unpaired) electrons. The first-order chi connectivity index (χ1) is 15.6. The second-order valence-electron chi connectivity index (χ2n) is 8.17. The van der Waals surface area contributed by atoms with E-state index in [2.05, 4.69) is 17.5 Å². The number of ether oxygens (including phenoxy) is 1. The van der Waals surface area contributed by atoms with Gasteiger partial charge in [-0.25, -0.2) is 15.0 Å². The normalized spacial score (nSPS) is 13.0. The number of hydrogen-bond acceptors (Lipinski definition) is 4. The Morgan fingerprint density at radius 1 is 0.844 bits per heavy atom. The molecule has 6 nitrogen and oxygen atoms in total. The van der Waals surface area contributed by atoms with Crippen molar-refractivity contribution in [2.45, 2.75) is 64.7 Å². The standard InChI is InChI=1S/C26H33N3O3/c1-2-3-4-5-6-7-8-9-12-18-32-25(30)22-17-13-16-21-23(22)19-14-10-11-15-20(19)24(21)28-29-26(27)31/h10-11,13-17H,2-9,12,18H2,1H3,(H3,27,29,31). The van der Waals surface area contributed by atoms with Crippen molar-refractivity contribution in [2.75, 3.05) is 6.61 Å². The molecule has 2 aromatic rings. The predicted octanol–water partition coefficient (Wildman–Crippen LogP) is 5.78. The van der Waals surface area contributed by atoms with E-state index in [0.29, 0.717) is 17.9 Å². The third-order valence-corrected chi connectivity index (χ3v) is 5.75. The van der Waals surface area contributed by atoms with Crippen molar-refractivity contribution in [3.8, 4) is 11.1 Å². The molecule has 0 fully saturated rings.